The van der Waals surface area contributed by atoms with Crippen molar-refractivity contribution in [2.24, 2.45) is 0 Å². The van der Waals surface area contributed by atoms with Crippen molar-refractivity contribution in [2.75, 3.05) is 0 Å². The Morgan fingerprint density at radius 2 is 1.90 bits per heavy atom. The fraction of sp³-hybridized carbons (Fsp3) is 0.217. The van der Waals surface area contributed by atoms with Crippen molar-refractivity contribution in [3.8, 4) is 0 Å². The van der Waals surface area contributed by atoms with Crippen LogP contribution < -0.4 is 10.9 Å². The third-order valence-corrected chi connectivity index (χ3v) is 5.84. The molecule has 0 bridgehead atoms. The molecule has 2 aromatic carbocycles. The molecule has 0 saturated carbocycles. The Morgan fingerprint density at radius 1 is 1.10 bits per heavy atom. The van der Waals surface area contributed by atoms with Crippen molar-refractivity contribution in [2.45, 2.75) is 32.4 Å². The summed E-state index contributed by atoms with van der Waals surface area (Å²) in [4.78, 5) is 26.5. The lowest BCUT2D eigenvalue weighted by molar-refractivity contribution is -0.122. The van der Waals surface area contributed by atoms with Crippen LogP contribution in [-0.4, -0.2) is 20.9 Å². The zero-order chi connectivity index (χ0) is 20.9. The number of carbonyl (C=O) groups is 1. The first-order chi connectivity index (χ1) is 14.7. The molecule has 2 heterocycles. The van der Waals surface area contributed by atoms with Crippen molar-refractivity contribution in [1.29, 1.82) is 0 Å². The van der Waals surface area contributed by atoms with Gasteiger partial charge in [-0.2, -0.15) is 0 Å². The van der Waals surface area contributed by atoms with E-state index in [1.807, 2.05) is 17.5 Å². The lowest BCUT2D eigenvalue weighted by atomic mass is 10.0. The number of hydrogen-bond donors (Lipinski definition) is 1. The summed E-state index contributed by atoms with van der Waals surface area (Å²) in [7, 11) is 0. The summed E-state index contributed by atoms with van der Waals surface area (Å²) in [5, 5.41) is 13.4. The van der Waals surface area contributed by atoms with Gasteiger partial charge in [-0.3, -0.25) is 9.59 Å². The molecule has 152 valence electrons. The van der Waals surface area contributed by atoms with Gasteiger partial charge >= 0.3 is 0 Å². The van der Waals surface area contributed by atoms with Crippen LogP contribution in [0.15, 0.2) is 70.8 Å². The summed E-state index contributed by atoms with van der Waals surface area (Å²) in [6.07, 6.45) is 2.12. The van der Waals surface area contributed by atoms with Gasteiger partial charge in [-0.25, -0.2) is 4.68 Å². The summed E-state index contributed by atoms with van der Waals surface area (Å²) in [6.45, 7) is 1.96. The Labute approximate surface area is 178 Å². The molecule has 6 nitrogen and oxygen atoms in total. The van der Waals surface area contributed by atoms with E-state index in [0.29, 0.717) is 10.9 Å². The van der Waals surface area contributed by atoms with E-state index >= 15 is 0 Å². The zero-order valence-corrected chi connectivity index (χ0v) is 17.4. The molecule has 7 heteroatoms. The largest absolute Gasteiger partial charge is 0.343 e. The van der Waals surface area contributed by atoms with Gasteiger partial charge in [0.25, 0.3) is 5.56 Å². The minimum absolute atomic E-state index is 0.188. The lowest BCUT2D eigenvalue weighted by Crippen LogP contribution is -2.36. The first-order valence-electron chi connectivity index (χ1n) is 9.90. The number of fused-ring (bicyclic) bond motifs is 1. The van der Waals surface area contributed by atoms with Crippen molar-refractivity contribution >= 4 is 28.1 Å². The highest BCUT2D eigenvalue weighted by Gasteiger charge is 2.19. The number of hydrogen-bond acceptors (Lipinski definition) is 5. The van der Waals surface area contributed by atoms with Gasteiger partial charge in [-0.05, 0) is 41.1 Å². The molecule has 4 aromatic rings. The van der Waals surface area contributed by atoms with Crippen LogP contribution in [0, 0.1) is 0 Å². The predicted octanol–water partition coefficient (Wildman–Crippen LogP) is 3.71. The Morgan fingerprint density at radius 3 is 2.63 bits per heavy atom. The molecule has 0 aliphatic heterocycles. The van der Waals surface area contributed by atoms with Crippen LogP contribution in [0.5, 0.6) is 0 Å². The van der Waals surface area contributed by atoms with E-state index in [1.165, 1.54) is 5.56 Å². The highest BCUT2D eigenvalue weighted by molar-refractivity contribution is 7.10. The van der Waals surface area contributed by atoms with Gasteiger partial charge in [0.1, 0.15) is 12.1 Å². The number of carbonyl (C=O) groups excluding carboxylic acids is 1. The lowest BCUT2D eigenvalue weighted by Gasteiger charge is -2.19. The molecular weight excluding hydrogens is 396 g/mol. The molecule has 0 fully saturated rings. The van der Waals surface area contributed by atoms with Gasteiger partial charge in [0.15, 0.2) is 0 Å². The summed E-state index contributed by atoms with van der Waals surface area (Å²) in [6, 6.07) is 19.0. The highest BCUT2D eigenvalue weighted by atomic mass is 32.1. The first-order valence-corrected chi connectivity index (χ1v) is 10.8. The molecule has 4 rings (SSSR count). The minimum Gasteiger partial charge on any atom is -0.343 e. The summed E-state index contributed by atoms with van der Waals surface area (Å²) in [5.41, 5.74) is 2.47. The second-order valence-corrected chi connectivity index (χ2v) is 8.06. The average molecular weight is 419 g/mol. The molecule has 30 heavy (non-hydrogen) atoms. The average Bonchev–Trinajstić information content (AvgIpc) is 3.30. The molecule has 0 radical (unpaired) electrons. The number of aryl methyl sites for hydroxylation is 1. The number of nitrogens with one attached hydrogen (secondary N) is 1. The van der Waals surface area contributed by atoms with Gasteiger partial charge < -0.3 is 5.32 Å². The van der Waals surface area contributed by atoms with Gasteiger partial charge in [-0.1, -0.05) is 61.0 Å². The molecule has 0 saturated heterocycles. The van der Waals surface area contributed by atoms with Gasteiger partial charge in [-0.15, -0.1) is 16.4 Å². The van der Waals surface area contributed by atoms with Crippen LogP contribution >= 0.6 is 11.3 Å². The van der Waals surface area contributed by atoms with Crippen LogP contribution in [0.1, 0.15) is 35.4 Å². The predicted molar refractivity (Wildman–Crippen MR) is 119 cm³/mol. The monoisotopic (exact) mass is 418 g/mol. The number of aromatic nitrogens is 3. The van der Waals surface area contributed by atoms with Crippen LogP contribution in [0.3, 0.4) is 0 Å². The summed E-state index contributed by atoms with van der Waals surface area (Å²) < 4.78 is 1.10. The van der Waals surface area contributed by atoms with Crippen LogP contribution in [0.2, 0.25) is 0 Å². The molecule has 2 aromatic heterocycles. The highest BCUT2D eigenvalue weighted by Crippen LogP contribution is 2.26. The third-order valence-electron chi connectivity index (χ3n) is 4.91. The molecule has 1 atom stereocenters. The van der Waals surface area contributed by atoms with E-state index in [-0.39, 0.29) is 24.1 Å². The number of rotatable bonds is 7. The maximum absolute atomic E-state index is 12.8. The normalized spacial score (nSPS) is 12.0. The van der Waals surface area contributed by atoms with E-state index in [9.17, 15) is 9.59 Å². The zero-order valence-electron chi connectivity index (χ0n) is 16.6. The maximum Gasteiger partial charge on any atom is 0.278 e. The molecular formula is C23H22N4O2S. The van der Waals surface area contributed by atoms with Crippen LogP contribution in [0.25, 0.3) is 10.9 Å². The molecule has 1 amide bonds. The van der Waals surface area contributed by atoms with Gasteiger partial charge in [0.2, 0.25) is 5.91 Å². The molecule has 0 aliphatic rings. The van der Waals surface area contributed by atoms with Crippen molar-refractivity contribution in [3.05, 3.63) is 92.4 Å². The quantitative estimate of drug-likeness (QED) is 0.496. The van der Waals surface area contributed by atoms with Crippen molar-refractivity contribution < 1.29 is 4.79 Å². The maximum atomic E-state index is 12.8. The van der Waals surface area contributed by atoms with Gasteiger partial charge in [0, 0.05) is 4.88 Å². The first kappa shape index (κ1) is 20.0. The van der Waals surface area contributed by atoms with Crippen LogP contribution in [0.4, 0.5) is 0 Å². The number of amides is 1. The van der Waals surface area contributed by atoms with E-state index in [0.717, 1.165) is 28.0 Å². The molecule has 1 N–H and O–H groups in total. The fourth-order valence-electron chi connectivity index (χ4n) is 3.41. The SMILES string of the molecule is CCCc1ccc([C@@H](NC(=O)Cn2nnc3ccccc3c2=O)c2cccs2)cc1. The van der Waals surface area contributed by atoms with Gasteiger partial charge in [0.05, 0.1) is 11.4 Å². The number of benzene rings is 2. The molecule has 0 unspecified atom stereocenters. The topological polar surface area (TPSA) is 76.9 Å². The molecule has 0 spiro atoms. The Hall–Kier alpha value is -3.32. The van der Waals surface area contributed by atoms with Crippen LogP contribution in [-0.2, 0) is 17.8 Å². The Kier molecular flexibility index (Phi) is 5.99. The standard InChI is InChI=1S/C23H22N4O2S/c1-2-6-16-10-12-17(13-11-16)22(20-9-5-14-30-20)24-21(28)15-27-23(29)18-7-3-4-8-19(18)25-26-27/h3-5,7-14,22H,2,6,15H2,1H3,(H,24,28)/t22-/m1/s1. The van der Waals surface area contributed by atoms with E-state index in [2.05, 4.69) is 46.8 Å². The van der Waals surface area contributed by atoms with E-state index < -0.39 is 0 Å². The van der Waals surface area contributed by atoms with Crippen molar-refractivity contribution in [1.82, 2.24) is 20.3 Å². The summed E-state index contributed by atoms with van der Waals surface area (Å²) >= 11 is 1.58. The third kappa shape index (κ3) is 4.31. The summed E-state index contributed by atoms with van der Waals surface area (Å²) in [5.74, 6) is -0.294. The fourth-order valence-corrected chi connectivity index (χ4v) is 4.21. The van der Waals surface area contributed by atoms with E-state index in [1.54, 1.807) is 35.6 Å². The second-order valence-electron chi connectivity index (χ2n) is 7.08. The smallest absolute Gasteiger partial charge is 0.278 e. The van der Waals surface area contributed by atoms with E-state index in [4.69, 9.17) is 0 Å². The Bertz CT molecular complexity index is 1200. The molecule has 0 aliphatic carbocycles. The Balaban J connectivity index is 1.57. The minimum atomic E-state index is -0.327. The number of thiophene rings is 1. The van der Waals surface area contributed by atoms with Crippen molar-refractivity contribution in [3.63, 3.8) is 0 Å². The number of nitrogens with zero attached hydrogens (tertiary/aromatic N) is 3. The second kappa shape index (κ2) is 9.00.